The van der Waals surface area contributed by atoms with Crippen molar-refractivity contribution in [1.82, 2.24) is 19.7 Å². The molecule has 0 atom stereocenters. The highest BCUT2D eigenvalue weighted by atomic mass is 32.2. The van der Waals surface area contributed by atoms with Crippen LogP contribution in [0.25, 0.3) is 5.82 Å². The number of aromatic nitrogens is 4. The second-order valence-corrected chi connectivity index (χ2v) is 6.89. The number of benzene rings is 1. The molecule has 9 heteroatoms. The van der Waals surface area contributed by atoms with Crippen LogP contribution in [-0.4, -0.2) is 45.6 Å². The molecule has 0 unspecified atom stereocenters. The zero-order valence-electron chi connectivity index (χ0n) is 16.1. The summed E-state index contributed by atoms with van der Waals surface area (Å²) in [6, 6.07) is 7.18. The quantitative estimate of drug-likeness (QED) is 0.611. The first-order valence-electron chi connectivity index (χ1n) is 8.51. The van der Waals surface area contributed by atoms with Gasteiger partial charge in [0.25, 0.3) is 0 Å². The van der Waals surface area contributed by atoms with Crippen molar-refractivity contribution in [2.45, 2.75) is 18.9 Å². The van der Waals surface area contributed by atoms with Crippen LogP contribution in [0.3, 0.4) is 0 Å². The molecule has 0 bridgehead atoms. The predicted molar refractivity (Wildman–Crippen MR) is 108 cm³/mol. The average Bonchev–Trinajstić information content (AvgIpc) is 3.04. The smallest absolute Gasteiger partial charge is 0.234 e. The molecule has 1 aromatic carbocycles. The molecule has 0 fully saturated rings. The van der Waals surface area contributed by atoms with Crippen molar-refractivity contribution in [2.75, 3.05) is 25.3 Å². The zero-order chi connectivity index (χ0) is 20.1. The van der Waals surface area contributed by atoms with Crippen LogP contribution in [0.5, 0.6) is 11.5 Å². The van der Waals surface area contributed by atoms with Crippen LogP contribution in [0.4, 0.5) is 5.69 Å². The van der Waals surface area contributed by atoms with Crippen LogP contribution in [0, 0.1) is 13.8 Å². The summed E-state index contributed by atoms with van der Waals surface area (Å²) in [6.45, 7) is 3.87. The Bertz CT molecular complexity index is 989. The number of anilines is 1. The van der Waals surface area contributed by atoms with E-state index in [1.54, 1.807) is 49.5 Å². The third kappa shape index (κ3) is 4.42. The van der Waals surface area contributed by atoms with E-state index in [0.717, 1.165) is 11.4 Å². The third-order valence-electron chi connectivity index (χ3n) is 3.88. The lowest BCUT2D eigenvalue weighted by molar-refractivity contribution is -0.113. The van der Waals surface area contributed by atoms with E-state index in [4.69, 9.17) is 9.47 Å². The minimum Gasteiger partial charge on any atom is -0.497 e. The fraction of sp³-hybridized carbons (Fsp3) is 0.263. The molecule has 0 aliphatic heterocycles. The highest BCUT2D eigenvalue weighted by Crippen LogP contribution is 2.29. The Morgan fingerprint density at radius 1 is 1.14 bits per heavy atom. The van der Waals surface area contributed by atoms with E-state index in [1.807, 2.05) is 19.9 Å². The normalized spacial score (nSPS) is 10.6. The summed E-state index contributed by atoms with van der Waals surface area (Å²) in [4.78, 5) is 21.2. The molecule has 0 aliphatic carbocycles. The maximum Gasteiger partial charge on any atom is 0.234 e. The van der Waals surface area contributed by atoms with E-state index in [1.165, 1.54) is 11.8 Å². The number of thioether (sulfide) groups is 1. The predicted octanol–water partition coefficient (Wildman–Crippen LogP) is 3.03. The highest BCUT2D eigenvalue weighted by molar-refractivity contribution is 8.00. The molecule has 0 radical (unpaired) electrons. The molecular formula is C19H21N5O3S. The number of nitrogens with zero attached hydrogens (tertiary/aromatic N) is 4. The number of rotatable bonds is 7. The van der Waals surface area contributed by atoms with Crippen molar-refractivity contribution >= 4 is 23.4 Å². The molecular weight excluding hydrogens is 378 g/mol. The van der Waals surface area contributed by atoms with Gasteiger partial charge in [0.05, 0.1) is 31.4 Å². The Balaban J connectivity index is 1.72. The van der Waals surface area contributed by atoms with E-state index >= 15 is 0 Å². The van der Waals surface area contributed by atoms with Gasteiger partial charge in [0.1, 0.15) is 16.5 Å². The van der Waals surface area contributed by atoms with Gasteiger partial charge in [0.15, 0.2) is 5.82 Å². The number of aryl methyl sites for hydroxylation is 2. The number of nitrogens with one attached hydrogen (secondary N) is 1. The molecule has 2 aromatic heterocycles. The topological polar surface area (TPSA) is 91.2 Å². The van der Waals surface area contributed by atoms with Crippen molar-refractivity contribution in [1.29, 1.82) is 0 Å². The summed E-state index contributed by atoms with van der Waals surface area (Å²) in [5, 5.41) is 7.92. The monoisotopic (exact) mass is 399 g/mol. The van der Waals surface area contributed by atoms with Gasteiger partial charge in [-0.2, -0.15) is 5.10 Å². The van der Waals surface area contributed by atoms with E-state index in [2.05, 4.69) is 20.4 Å². The molecule has 0 saturated carbocycles. The summed E-state index contributed by atoms with van der Waals surface area (Å²) >= 11 is 1.30. The third-order valence-corrected chi connectivity index (χ3v) is 4.85. The molecule has 3 rings (SSSR count). The molecule has 0 aliphatic rings. The average molecular weight is 399 g/mol. The number of hydrogen-bond donors (Lipinski definition) is 1. The van der Waals surface area contributed by atoms with E-state index in [0.29, 0.717) is 28.0 Å². The first kappa shape index (κ1) is 19.7. The summed E-state index contributed by atoms with van der Waals surface area (Å²) in [7, 11) is 3.12. The summed E-state index contributed by atoms with van der Waals surface area (Å²) in [5.41, 5.74) is 2.42. The lowest BCUT2D eigenvalue weighted by Crippen LogP contribution is -2.15. The van der Waals surface area contributed by atoms with Gasteiger partial charge in [0, 0.05) is 24.2 Å². The van der Waals surface area contributed by atoms with Crippen molar-refractivity contribution < 1.29 is 14.3 Å². The summed E-state index contributed by atoms with van der Waals surface area (Å²) < 4.78 is 12.2. The number of carbonyl (C=O) groups is 1. The van der Waals surface area contributed by atoms with Crippen molar-refractivity contribution in [3.05, 3.63) is 48.0 Å². The first-order valence-corrected chi connectivity index (χ1v) is 9.49. The Labute approximate surface area is 167 Å². The van der Waals surface area contributed by atoms with Gasteiger partial charge in [-0.15, -0.1) is 0 Å². The zero-order valence-corrected chi connectivity index (χ0v) is 16.9. The van der Waals surface area contributed by atoms with Crippen LogP contribution in [0.1, 0.15) is 11.4 Å². The minimum absolute atomic E-state index is 0.167. The van der Waals surface area contributed by atoms with Gasteiger partial charge in [-0.05, 0) is 32.0 Å². The molecule has 28 heavy (non-hydrogen) atoms. The van der Waals surface area contributed by atoms with E-state index < -0.39 is 0 Å². The lowest BCUT2D eigenvalue weighted by atomic mass is 10.2. The van der Waals surface area contributed by atoms with E-state index in [9.17, 15) is 4.79 Å². The van der Waals surface area contributed by atoms with Crippen molar-refractivity contribution in [3.8, 4) is 17.3 Å². The Morgan fingerprint density at radius 2 is 1.93 bits per heavy atom. The van der Waals surface area contributed by atoms with Gasteiger partial charge in [0.2, 0.25) is 5.91 Å². The van der Waals surface area contributed by atoms with Crippen LogP contribution >= 0.6 is 11.8 Å². The minimum atomic E-state index is -0.182. The molecule has 3 aromatic rings. The Kier molecular flexibility index (Phi) is 6.15. The molecule has 0 saturated heterocycles. The highest BCUT2D eigenvalue weighted by Gasteiger charge is 2.15. The summed E-state index contributed by atoms with van der Waals surface area (Å²) in [6.07, 6.45) is 3.21. The molecule has 2 heterocycles. The Morgan fingerprint density at radius 3 is 2.61 bits per heavy atom. The van der Waals surface area contributed by atoms with Crippen LogP contribution in [0.15, 0.2) is 41.7 Å². The fourth-order valence-electron chi connectivity index (χ4n) is 2.63. The number of hydrogen-bond acceptors (Lipinski definition) is 7. The molecule has 0 spiro atoms. The van der Waals surface area contributed by atoms with Crippen LogP contribution < -0.4 is 14.8 Å². The number of methoxy groups -OCH3 is 2. The van der Waals surface area contributed by atoms with Gasteiger partial charge in [-0.25, -0.2) is 14.6 Å². The maximum absolute atomic E-state index is 12.4. The van der Waals surface area contributed by atoms with Crippen LogP contribution in [-0.2, 0) is 4.79 Å². The van der Waals surface area contributed by atoms with Gasteiger partial charge >= 0.3 is 0 Å². The van der Waals surface area contributed by atoms with Gasteiger partial charge < -0.3 is 14.8 Å². The maximum atomic E-state index is 12.4. The van der Waals surface area contributed by atoms with Gasteiger partial charge in [-0.1, -0.05) is 11.8 Å². The number of ether oxygens (including phenoxy) is 2. The summed E-state index contributed by atoms with van der Waals surface area (Å²) in [5.74, 6) is 1.77. The fourth-order valence-corrected chi connectivity index (χ4v) is 3.37. The van der Waals surface area contributed by atoms with E-state index in [-0.39, 0.29) is 11.7 Å². The Hall–Kier alpha value is -3.07. The first-order chi connectivity index (χ1) is 13.5. The lowest BCUT2D eigenvalue weighted by Gasteiger charge is -2.12. The standard InChI is InChI=1S/C19H21N5O3S/c1-12-9-13(2)24(23-12)18-19(21-8-7-20-18)28-11-17(25)22-15-6-5-14(26-3)10-16(15)27-4/h5-10H,11H2,1-4H3,(H,22,25). The van der Waals surface area contributed by atoms with Crippen molar-refractivity contribution in [3.63, 3.8) is 0 Å². The second kappa shape index (κ2) is 8.75. The van der Waals surface area contributed by atoms with Crippen molar-refractivity contribution in [2.24, 2.45) is 0 Å². The largest absolute Gasteiger partial charge is 0.497 e. The van der Waals surface area contributed by atoms with Gasteiger partial charge in [-0.3, -0.25) is 4.79 Å². The molecule has 1 amide bonds. The molecule has 146 valence electrons. The van der Waals surface area contributed by atoms with Crippen LogP contribution in [0.2, 0.25) is 0 Å². The number of carbonyl (C=O) groups excluding carboxylic acids is 1. The second-order valence-electron chi connectivity index (χ2n) is 5.93. The molecule has 8 nitrogen and oxygen atoms in total. The SMILES string of the molecule is COc1ccc(NC(=O)CSc2nccnc2-n2nc(C)cc2C)c(OC)c1. The number of amides is 1. The molecule has 1 N–H and O–H groups in total.